The Morgan fingerprint density at radius 2 is 2.15 bits per heavy atom. The lowest BCUT2D eigenvalue weighted by Gasteiger charge is -2.31. The number of carbonyl (C=O) groups excluding carboxylic acids is 1. The van der Waals surface area contributed by atoms with Crippen LogP contribution in [0.1, 0.15) is 19.3 Å². The van der Waals surface area contributed by atoms with Gasteiger partial charge in [-0.2, -0.15) is 0 Å². The first-order valence-corrected chi connectivity index (χ1v) is 6.97. The molecule has 3 aliphatic rings. The van der Waals surface area contributed by atoms with Gasteiger partial charge in [0.25, 0.3) is 0 Å². The second kappa shape index (κ2) is 4.44. The number of fused-ring (bicyclic) bond motifs is 3. The van der Waals surface area contributed by atoms with E-state index in [-0.39, 0.29) is 18.9 Å². The third-order valence-corrected chi connectivity index (χ3v) is 4.17. The number of nitrogens with one attached hydrogen (secondary N) is 1. The van der Waals surface area contributed by atoms with Crippen molar-refractivity contribution in [3.05, 3.63) is 30.4 Å². The van der Waals surface area contributed by atoms with Crippen molar-refractivity contribution in [2.24, 2.45) is 0 Å². The van der Waals surface area contributed by atoms with Crippen molar-refractivity contribution in [2.45, 2.75) is 31.3 Å². The highest BCUT2D eigenvalue weighted by Crippen LogP contribution is 2.35. The van der Waals surface area contributed by atoms with Gasteiger partial charge in [-0.25, -0.2) is 4.79 Å². The number of hydrogen-bond donors (Lipinski definition) is 1. The molecule has 4 rings (SSSR count). The van der Waals surface area contributed by atoms with E-state index in [9.17, 15) is 4.79 Å². The van der Waals surface area contributed by atoms with E-state index in [1.54, 1.807) is 0 Å². The highest BCUT2D eigenvalue weighted by atomic mass is 16.7. The van der Waals surface area contributed by atoms with Gasteiger partial charge in [0.1, 0.15) is 0 Å². The Balaban J connectivity index is 1.52. The third-order valence-electron chi connectivity index (χ3n) is 4.17. The number of amides is 2. The molecule has 5 heteroatoms. The number of anilines is 1. The molecule has 2 amide bonds. The number of hydrogen-bond acceptors (Lipinski definition) is 3. The van der Waals surface area contributed by atoms with E-state index in [1.165, 1.54) is 0 Å². The molecule has 2 unspecified atom stereocenters. The molecular formula is C15H16N2O3. The number of carbonyl (C=O) groups is 1. The average molecular weight is 272 g/mol. The lowest BCUT2D eigenvalue weighted by atomic mass is 10.1. The Morgan fingerprint density at radius 1 is 1.25 bits per heavy atom. The van der Waals surface area contributed by atoms with E-state index in [0.29, 0.717) is 11.8 Å². The van der Waals surface area contributed by atoms with Crippen LogP contribution in [0.25, 0.3) is 0 Å². The molecule has 104 valence electrons. The van der Waals surface area contributed by atoms with Crippen molar-refractivity contribution >= 4 is 11.7 Å². The van der Waals surface area contributed by atoms with E-state index >= 15 is 0 Å². The molecule has 0 spiro atoms. The van der Waals surface area contributed by atoms with Gasteiger partial charge in [-0.15, -0.1) is 0 Å². The predicted octanol–water partition coefficient (Wildman–Crippen LogP) is 2.74. The predicted molar refractivity (Wildman–Crippen MR) is 74.0 cm³/mol. The van der Waals surface area contributed by atoms with Gasteiger partial charge in [-0.3, -0.25) is 0 Å². The van der Waals surface area contributed by atoms with E-state index in [4.69, 9.17) is 9.47 Å². The van der Waals surface area contributed by atoms with Gasteiger partial charge in [0, 0.05) is 17.8 Å². The van der Waals surface area contributed by atoms with Gasteiger partial charge < -0.3 is 19.7 Å². The molecule has 2 bridgehead atoms. The molecule has 3 heterocycles. The summed E-state index contributed by atoms with van der Waals surface area (Å²) in [5.74, 6) is 1.41. The first kappa shape index (κ1) is 11.6. The molecule has 5 nitrogen and oxygen atoms in total. The summed E-state index contributed by atoms with van der Waals surface area (Å²) in [6.45, 7) is 0.244. The van der Waals surface area contributed by atoms with Crippen molar-refractivity contribution in [1.82, 2.24) is 4.90 Å². The zero-order valence-corrected chi connectivity index (χ0v) is 11.0. The van der Waals surface area contributed by atoms with E-state index in [1.807, 2.05) is 23.1 Å². The summed E-state index contributed by atoms with van der Waals surface area (Å²) >= 11 is 0. The minimum atomic E-state index is -0.0271. The van der Waals surface area contributed by atoms with Crippen LogP contribution >= 0.6 is 0 Å². The van der Waals surface area contributed by atoms with Crippen molar-refractivity contribution in [3.8, 4) is 11.5 Å². The lowest BCUT2D eigenvalue weighted by Crippen LogP contribution is -2.44. The Morgan fingerprint density at radius 3 is 3.05 bits per heavy atom. The fourth-order valence-electron chi connectivity index (χ4n) is 3.20. The van der Waals surface area contributed by atoms with Crippen LogP contribution in [-0.4, -0.2) is 29.8 Å². The maximum absolute atomic E-state index is 12.4. The zero-order valence-electron chi connectivity index (χ0n) is 11.0. The molecule has 0 aliphatic carbocycles. The Hall–Kier alpha value is -2.17. The topological polar surface area (TPSA) is 50.8 Å². The summed E-state index contributed by atoms with van der Waals surface area (Å²) in [6.07, 6.45) is 7.45. The number of ether oxygens (including phenoxy) is 2. The molecular weight excluding hydrogens is 256 g/mol. The maximum atomic E-state index is 12.4. The highest BCUT2D eigenvalue weighted by molar-refractivity contribution is 5.90. The summed E-state index contributed by atoms with van der Waals surface area (Å²) in [4.78, 5) is 14.4. The molecule has 1 saturated heterocycles. The molecule has 3 aliphatic heterocycles. The Labute approximate surface area is 117 Å². The first-order valence-electron chi connectivity index (χ1n) is 6.97. The molecule has 1 N–H and O–H groups in total. The second-order valence-corrected chi connectivity index (χ2v) is 5.37. The Kier molecular flexibility index (Phi) is 2.58. The standard InChI is InChI=1S/C15H16N2O3/c18-15(17-11-2-1-3-12(17)6-5-11)16-10-4-7-13-14(8-10)20-9-19-13/h1-2,4,7-8,11-12H,3,5-6,9H2,(H,16,18). The molecule has 0 saturated carbocycles. The minimum absolute atomic E-state index is 0.0271. The van der Waals surface area contributed by atoms with Crippen molar-refractivity contribution in [3.63, 3.8) is 0 Å². The zero-order chi connectivity index (χ0) is 13.5. The SMILES string of the molecule is O=C(Nc1ccc2c(c1)OCO2)N1C2C=CCC1CC2. The van der Waals surface area contributed by atoms with Crippen LogP contribution in [0.2, 0.25) is 0 Å². The number of benzene rings is 1. The second-order valence-electron chi connectivity index (χ2n) is 5.37. The van der Waals surface area contributed by atoms with Gasteiger partial charge in [0.2, 0.25) is 6.79 Å². The fourth-order valence-corrected chi connectivity index (χ4v) is 3.20. The van der Waals surface area contributed by atoms with Crippen LogP contribution in [0.3, 0.4) is 0 Å². The van der Waals surface area contributed by atoms with Crippen molar-refractivity contribution < 1.29 is 14.3 Å². The van der Waals surface area contributed by atoms with Crippen molar-refractivity contribution in [1.29, 1.82) is 0 Å². The van der Waals surface area contributed by atoms with Crippen LogP contribution in [0.5, 0.6) is 11.5 Å². The van der Waals surface area contributed by atoms with Gasteiger partial charge in [-0.1, -0.05) is 12.2 Å². The van der Waals surface area contributed by atoms with Gasteiger partial charge in [0.15, 0.2) is 11.5 Å². The molecule has 1 aromatic rings. The van der Waals surface area contributed by atoms with E-state index in [0.717, 1.165) is 30.7 Å². The quantitative estimate of drug-likeness (QED) is 0.800. The number of nitrogens with zero attached hydrogens (tertiary/aromatic N) is 1. The number of rotatable bonds is 1. The number of urea groups is 1. The molecule has 0 aromatic heterocycles. The molecule has 2 atom stereocenters. The van der Waals surface area contributed by atoms with Crippen LogP contribution in [0.15, 0.2) is 30.4 Å². The molecule has 20 heavy (non-hydrogen) atoms. The van der Waals surface area contributed by atoms with Crippen LogP contribution < -0.4 is 14.8 Å². The first-order chi connectivity index (χ1) is 9.81. The summed E-state index contributed by atoms with van der Waals surface area (Å²) < 4.78 is 10.6. The monoisotopic (exact) mass is 272 g/mol. The Bertz CT molecular complexity index is 584. The van der Waals surface area contributed by atoms with Crippen LogP contribution in [0, 0.1) is 0 Å². The summed E-state index contributed by atoms with van der Waals surface area (Å²) in [7, 11) is 0. The van der Waals surface area contributed by atoms with Crippen LogP contribution in [0.4, 0.5) is 10.5 Å². The normalized spacial score (nSPS) is 25.9. The summed E-state index contributed by atoms with van der Waals surface area (Å²) in [5.41, 5.74) is 0.744. The molecule has 0 radical (unpaired) electrons. The van der Waals surface area contributed by atoms with Crippen molar-refractivity contribution in [2.75, 3.05) is 12.1 Å². The molecule has 1 aromatic carbocycles. The highest BCUT2D eigenvalue weighted by Gasteiger charge is 2.37. The largest absolute Gasteiger partial charge is 0.454 e. The lowest BCUT2D eigenvalue weighted by molar-refractivity contribution is 0.174. The smallest absolute Gasteiger partial charge is 0.322 e. The summed E-state index contributed by atoms with van der Waals surface area (Å²) in [6, 6.07) is 6.04. The average Bonchev–Trinajstić information content (AvgIpc) is 3.01. The maximum Gasteiger partial charge on any atom is 0.322 e. The van der Waals surface area contributed by atoms with Gasteiger partial charge >= 0.3 is 6.03 Å². The van der Waals surface area contributed by atoms with Gasteiger partial charge in [0.05, 0.1) is 6.04 Å². The summed E-state index contributed by atoms with van der Waals surface area (Å²) in [5, 5.41) is 2.96. The van der Waals surface area contributed by atoms with Crippen LogP contribution in [-0.2, 0) is 0 Å². The molecule has 1 fully saturated rings. The van der Waals surface area contributed by atoms with E-state index < -0.39 is 0 Å². The van der Waals surface area contributed by atoms with E-state index in [2.05, 4.69) is 17.5 Å². The third kappa shape index (κ3) is 1.81. The minimum Gasteiger partial charge on any atom is -0.454 e. The fraction of sp³-hybridized carbons (Fsp3) is 0.400. The van der Waals surface area contributed by atoms with Gasteiger partial charge in [-0.05, 0) is 31.4 Å².